The fraction of sp³-hybridized carbons (Fsp3) is 0.600. The molecule has 0 radical (unpaired) electrons. The minimum Gasteiger partial charge on any atom is -0.381 e. The Morgan fingerprint density at radius 2 is 1.81 bits per heavy atom. The molecule has 2 amide bonds. The van der Waals surface area contributed by atoms with E-state index in [1.165, 1.54) is 6.42 Å². The lowest BCUT2D eigenvalue weighted by atomic mass is 9.69. The summed E-state index contributed by atoms with van der Waals surface area (Å²) < 4.78 is 10.8. The summed E-state index contributed by atoms with van der Waals surface area (Å²) >= 11 is 0. The summed E-state index contributed by atoms with van der Waals surface area (Å²) in [5, 5.41) is 3.03. The molecule has 0 atom stereocenters. The van der Waals surface area contributed by atoms with Gasteiger partial charge in [-0.1, -0.05) is 6.42 Å². The average Bonchev–Trinajstić information content (AvgIpc) is 2.67. The van der Waals surface area contributed by atoms with E-state index in [1.54, 1.807) is 29.2 Å². The molecule has 1 saturated heterocycles. The van der Waals surface area contributed by atoms with Crippen LogP contribution in [0.5, 0.6) is 0 Å². The van der Waals surface area contributed by atoms with Gasteiger partial charge in [-0.25, -0.2) is 0 Å². The van der Waals surface area contributed by atoms with E-state index < -0.39 is 0 Å². The maximum atomic E-state index is 12.4. The molecule has 26 heavy (non-hydrogen) atoms. The van der Waals surface area contributed by atoms with Gasteiger partial charge in [-0.15, -0.1) is 0 Å². The average molecular weight is 360 g/mol. The first-order chi connectivity index (χ1) is 12.6. The van der Waals surface area contributed by atoms with Gasteiger partial charge in [0.1, 0.15) is 0 Å². The Morgan fingerprint density at radius 3 is 2.38 bits per heavy atom. The van der Waals surface area contributed by atoms with Crippen LogP contribution in [0.15, 0.2) is 24.3 Å². The van der Waals surface area contributed by atoms with Gasteiger partial charge in [-0.05, 0) is 44.0 Å². The monoisotopic (exact) mass is 360 g/mol. The molecule has 3 rings (SSSR count). The highest BCUT2D eigenvalue weighted by atomic mass is 16.5. The van der Waals surface area contributed by atoms with Gasteiger partial charge in [0, 0.05) is 42.8 Å². The third-order valence-electron chi connectivity index (χ3n) is 5.34. The molecule has 1 saturated carbocycles. The quantitative estimate of drug-likeness (QED) is 0.809. The first kappa shape index (κ1) is 18.9. The zero-order valence-corrected chi connectivity index (χ0v) is 15.5. The summed E-state index contributed by atoms with van der Waals surface area (Å²) in [5.41, 5.74) is 1.28. The molecule has 0 bridgehead atoms. The highest BCUT2D eigenvalue weighted by molar-refractivity contribution is 5.97. The molecule has 142 valence electrons. The van der Waals surface area contributed by atoms with E-state index in [1.807, 2.05) is 6.92 Å². The van der Waals surface area contributed by atoms with Crippen molar-refractivity contribution in [1.82, 2.24) is 10.2 Å². The van der Waals surface area contributed by atoms with Crippen molar-refractivity contribution in [2.75, 3.05) is 46.1 Å². The first-order valence-corrected chi connectivity index (χ1v) is 9.47. The summed E-state index contributed by atoms with van der Waals surface area (Å²) in [6.45, 7) is 6.42. The summed E-state index contributed by atoms with van der Waals surface area (Å²) in [4.78, 5) is 26.6. The second-order valence-corrected chi connectivity index (χ2v) is 7.16. The van der Waals surface area contributed by atoms with Crippen LogP contribution in [0, 0.1) is 5.41 Å². The van der Waals surface area contributed by atoms with Crippen LogP contribution in [0.25, 0.3) is 0 Å². The number of hydrogen-bond acceptors (Lipinski definition) is 4. The Morgan fingerprint density at radius 1 is 1.15 bits per heavy atom. The van der Waals surface area contributed by atoms with Crippen LogP contribution in [0.3, 0.4) is 0 Å². The summed E-state index contributed by atoms with van der Waals surface area (Å²) in [6.07, 6.45) is 3.39. The normalized spacial score (nSPS) is 18.9. The second kappa shape index (κ2) is 8.64. The molecular weight excluding hydrogens is 332 g/mol. The zero-order chi connectivity index (χ0) is 18.4. The number of benzene rings is 1. The predicted molar refractivity (Wildman–Crippen MR) is 98.3 cm³/mol. The van der Waals surface area contributed by atoms with Gasteiger partial charge in [0.25, 0.3) is 11.8 Å². The molecule has 1 aromatic carbocycles. The Bertz CT molecular complexity index is 619. The highest BCUT2D eigenvalue weighted by Gasteiger charge is 2.37. The molecule has 1 N–H and O–H groups in total. The fourth-order valence-electron chi connectivity index (χ4n) is 3.45. The lowest BCUT2D eigenvalue weighted by Gasteiger charge is -2.41. The van der Waals surface area contributed by atoms with Crippen LogP contribution in [0.1, 0.15) is 46.9 Å². The van der Waals surface area contributed by atoms with Crippen LogP contribution in [0.4, 0.5) is 0 Å². The summed E-state index contributed by atoms with van der Waals surface area (Å²) in [6, 6.07) is 6.90. The molecule has 2 aliphatic rings. The van der Waals surface area contributed by atoms with Gasteiger partial charge in [0.15, 0.2) is 0 Å². The van der Waals surface area contributed by atoms with Gasteiger partial charge in [0.2, 0.25) is 0 Å². The molecule has 1 aromatic rings. The predicted octanol–water partition coefficient (Wildman–Crippen LogP) is 2.10. The number of amides is 2. The molecule has 0 spiro atoms. The van der Waals surface area contributed by atoms with Gasteiger partial charge < -0.3 is 19.7 Å². The van der Waals surface area contributed by atoms with E-state index in [4.69, 9.17) is 9.47 Å². The van der Waals surface area contributed by atoms with Gasteiger partial charge in [-0.2, -0.15) is 0 Å². The topological polar surface area (TPSA) is 67.9 Å². The van der Waals surface area contributed by atoms with Gasteiger partial charge in [0.05, 0.1) is 19.8 Å². The minimum atomic E-state index is -0.0989. The molecule has 0 unspecified atom stereocenters. The molecular formula is C20H28N2O4. The van der Waals surface area contributed by atoms with Crippen LogP contribution < -0.4 is 5.32 Å². The van der Waals surface area contributed by atoms with E-state index in [2.05, 4.69) is 5.32 Å². The number of ether oxygens (including phenoxy) is 2. The first-order valence-electron chi connectivity index (χ1n) is 9.47. The standard InChI is InChI=1S/C20H28N2O4/c1-2-25-15-20(8-3-9-20)14-21-18(23)16-4-6-17(7-5-16)19(24)22-10-12-26-13-11-22/h4-7H,2-3,8-15H2,1H3,(H,21,23). The number of nitrogens with zero attached hydrogens (tertiary/aromatic N) is 1. The zero-order valence-electron chi connectivity index (χ0n) is 15.5. The lowest BCUT2D eigenvalue weighted by molar-refractivity contribution is -0.000183. The highest BCUT2D eigenvalue weighted by Crippen LogP contribution is 2.40. The van der Waals surface area contributed by atoms with E-state index in [0.29, 0.717) is 57.2 Å². The van der Waals surface area contributed by atoms with Gasteiger partial charge in [-0.3, -0.25) is 9.59 Å². The fourth-order valence-corrected chi connectivity index (χ4v) is 3.45. The molecule has 6 heteroatoms. The Kier molecular flexibility index (Phi) is 6.27. The SMILES string of the molecule is CCOCC1(CNC(=O)c2ccc(C(=O)N3CCOCC3)cc2)CCC1. The van der Waals surface area contributed by atoms with Crippen molar-refractivity contribution in [2.24, 2.45) is 5.41 Å². The molecule has 6 nitrogen and oxygen atoms in total. The van der Waals surface area contributed by atoms with Crippen LogP contribution in [0.2, 0.25) is 0 Å². The van der Waals surface area contributed by atoms with Crippen molar-refractivity contribution in [3.8, 4) is 0 Å². The summed E-state index contributed by atoms with van der Waals surface area (Å²) in [5.74, 6) is -0.108. The molecule has 1 aliphatic carbocycles. The third-order valence-corrected chi connectivity index (χ3v) is 5.34. The number of morpholine rings is 1. The number of nitrogens with one attached hydrogen (secondary N) is 1. The summed E-state index contributed by atoms with van der Waals surface area (Å²) in [7, 11) is 0. The Balaban J connectivity index is 1.54. The smallest absolute Gasteiger partial charge is 0.254 e. The third kappa shape index (κ3) is 4.43. The number of hydrogen-bond donors (Lipinski definition) is 1. The van der Waals surface area contributed by atoms with E-state index in [-0.39, 0.29) is 17.2 Å². The van der Waals surface area contributed by atoms with Crippen molar-refractivity contribution in [2.45, 2.75) is 26.2 Å². The van der Waals surface area contributed by atoms with E-state index in [0.717, 1.165) is 12.8 Å². The number of carbonyl (C=O) groups excluding carboxylic acids is 2. The lowest BCUT2D eigenvalue weighted by Crippen LogP contribution is -2.45. The van der Waals surface area contributed by atoms with Crippen LogP contribution in [-0.2, 0) is 9.47 Å². The van der Waals surface area contributed by atoms with E-state index in [9.17, 15) is 9.59 Å². The molecule has 2 fully saturated rings. The molecule has 1 aliphatic heterocycles. The molecule has 0 aromatic heterocycles. The maximum absolute atomic E-state index is 12.4. The van der Waals surface area contributed by atoms with Crippen LogP contribution in [-0.4, -0.2) is 62.8 Å². The number of carbonyl (C=O) groups is 2. The van der Waals surface area contributed by atoms with Crippen molar-refractivity contribution < 1.29 is 19.1 Å². The van der Waals surface area contributed by atoms with E-state index >= 15 is 0 Å². The van der Waals surface area contributed by atoms with Crippen molar-refractivity contribution in [1.29, 1.82) is 0 Å². The van der Waals surface area contributed by atoms with Crippen molar-refractivity contribution >= 4 is 11.8 Å². The molecule has 1 heterocycles. The minimum absolute atomic E-state index is 0.00889. The second-order valence-electron chi connectivity index (χ2n) is 7.16. The Labute approximate surface area is 154 Å². The largest absolute Gasteiger partial charge is 0.381 e. The Hall–Kier alpha value is -1.92. The number of rotatable bonds is 7. The van der Waals surface area contributed by atoms with Crippen LogP contribution >= 0.6 is 0 Å². The van der Waals surface area contributed by atoms with Crippen molar-refractivity contribution in [3.05, 3.63) is 35.4 Å². The van der Waals surface area contributed by atoms with Crippen molar-refractivity contribution in [3.63, 3.8) is 0 Å². The maximum Gasteiger partial charge on any atom is 0.254 e. The van der Waals surface area contributed by atoms with Gasteiger partial charge >= 0.3 is 0 Å².